The Bertz CT molecular complexity index is 705. The van der Waals surface area contributed by atoms with Crippen molar-refractivity contribution in [3.63, 3.8) is 0 Å². The number of hydrogen-bond acceptors (Lipinski definition) is 4. The first-order chi connectivity index (χ1) is 10.6. The fraction of sp³-hybridized carbons (Fsp3) is 0.0667. The number of aromatic nitrogens is 4. The molecule has 0 aliphatic heterocycles. The summed E-state index contributed by atoms with van der Waals surface area (Å²) < 4.78 is 0. The standard InChI is InChI=1S/C11H9ClN2.C4H2Cl2N2/c12-11-8-13-7-10(14-11)6-9-4-2-1-3-5-9;5-3-1-7-2-4(6)8-3/h1-5,7-8H,6H2;1-2H. The van der Waals surface area contributed by atoms with Gasteiger partial charge in [0.15, 0.2) is 0 Å². The van der Waals surface area contributed by atoms with Crippen LogP contribution in [0, 0.1) is 0 Å². The molecule has 112 valence electrons. The maximum atomic E-state index is 5.74. The second-order valence-electron chi connectivity index (χ2n) is 4.16. The highest BCUT2D eigenvalue weighted by molar-refractivity contribution is 6.32. The molecule has 1 aromatic carbocycles. The van der Waals surface area contributed by atoms with Crippen LogP contribution in [-0.2, 0) is 6.42 Å². The monoisotopic (exact) mass is 352 g/mol. The zero-order valence-electron chi connectivity index (χ0n) is 11.3. The quantitative estimate of drug-likeness (QED) is 0.680. The van der Waals surface area contributed by atoms with Gasteiger partial charge in [0.05, 0.1) is 24.3 Å². The van der Waals surface area contributed by atoms with Gasteiger partial charge in [-0.05, 0) is 5.56 Å². The third-order valence-electron chi connectivity index (χ3n) is 2.46. The van der Waals surface area contributed by atoms with E-state index in [-0.39, 0.29) is 0 Å². The molecular weight excluding hydrogens is 343 g/mol. The van der Waals surface area contributed by atoms with Crippen LogP contribution in [0.3, 0.4) is 0 Å². The summed E-state index contributed by atoms with van der Waals surface area (Å²) in [5, 5.41) is 1.08. The zero-order chi connectivity index (χ0) is 15.8. The van der Waals surface area contributed by atoms with Gasteiger partial charge >= 0.3 is 0 Å². The van der Waals surface area contributed by atoms with Gasteiger partial charge < -0.3 is 0 Å². The van der Waals surface area contributed by atoms with E-state index in [0.717, 1.165) is 12.1 Å². The van der Waals surface area contributed by atoms with Crippen molar-refractivity contribution in [2.24, 2.45) is 0 Å². The molecule has 3 aromatic rings. The van der Waals surface area contributed by atoms with Crippen LogP contribution in [-0.4, -0.2) is 19.9 Å². The summed E-state index contributed by atoms with van der Waals surface area (Å²) in [7, 11) is 0. The molecule has 0 amide bonds. The lowest BCUT2D eigenvalue weighted by atomic mass is 10.1. The summed E-state index contributed by atoms with van der Waals surface area (Å²) in [6, 6.07) is 10.1. The maximum absolute atomic E-state index is 5.74. The van der Waals surface area contributed by atoms with E-state index in [1.165, 1.54) is 24.2 Å². The fourth-order valence-corrected chi connectivity index (χ4v) is 2.09. The molecule has 0 aliphatic carbocycles. The predicted octanol–water partition coefficient (Wildman–Crippen LogP) is 4.50. The Hall–Kier alpha value is -1.75. The van der Waals surface area contributed by atoms with Gasteiger partial charge in [-0.25, -0.2) is 9.97 Å². The largest absolute Gasteiger partial charge is 0.260 e. The molecule has 0 saturated carbocycles. The minimum atomic E-state index is 0.317. The highest BCUT2D eigenvalue weighted by atomic mass is 35.5. The van der Waals surface area contributed by atoms with Crippen LogP contribution in [0.15, 0.2) is 55.1 Å². The molecule has 2 heterocycles. The third-order valence-corrected chi connectivity index (χ3v) is 3.01. The van der Waals surface area contributed by atoms with Gasteiger partial charge in [0.25, 0.3) is 0 Å². The molecule has 0 unspecified atom stereocenters. The van der Waals surface area contributed by atoms with Crippen LogP contribution in [0.5, 0.6) is 0 Å². The SMILES string of the molecule is Clc1cncc(Cc2ccccc2)n1.Clc1cncc(Cl)n1. The van der Waals surface area contributed by atoms with E-state index >= 15 is 0 Å². The van der Waals surface area contributed by atoms with Gasteiger partial charge in [0.1, 0.15) is 15.5 Å². The second kappa shape index (κ2) is 8.63. The average molecular weight is 354 g/mol. The Labute approximate surface area is 143 Å². The molecule has 0 radical (unpaired) electrons. The molecule has 7 heteroatoms. The van der Waals surface area contributed by atoms with Crippen molar-refractivity contribution in [1.82, 2.24) is 19.9 Å². The molecule has 0 N–H and O–H groups in total. The van der Waals surface area contributed by atoms with Crippen molar-refractivity contribution in [3.05, 3.63) is 81.8 Å². The first-order valence-electron chi connectivity index (χ1n) is 6.27. The lowest BCUT2D eigenvalue weighted by molar-refractivity contribution is 1.03. The molecule has 4 nitrogen and oxygen atoms in total. The molecule has 0 saturated heterocycles. The van der Waals surface area contributed by atoms with Crippen LogP contribution in [0.1, 0.15) is 11.3 Å². The number of nitrogens with zero attached hydrogens (tertiary/aromatic N) is 4. The van der Waals surface area contributed by atoms with Crippen molar-refractivity contribution in [3.8, 4) is 0 Å². The van der Waals surface area contributed by atoms with Crippen LogP contribution in [0.4, 0.5) is 0 Å². The molecule has 2 aromatic heterocycles. The minimum Gasteiger partial charge on any atom is -0.260 e. The fourth-order valence-electron chi connectivity index (χ4n) is 1.59. The van der Waals surface area contributed by atoms with Gasteiger partial charge in [0.2, 0.25) is 0 Å². The number of benzene rings is 1. The molecule has 0 aliphatic rings. The lowest BCUT2D eigenvalue weighted by Gasteiger charge is -1.99. The van der Waals surface area contributed by atoms with Gasteiger partial charge in [-0.1, -0.05) is 65.1 Å². The van der Waals surface area contributed by atoms with Crippen molar-refractivity contribution in [2.75, 3.05) is 0 Å². The van der Waals surface area contributed by atoms with Crippen LogP contribution in [0.25, 0.3) is 0 Å². The molecule has 22 heavy (non-hydrogen) atoms. The molecule has 0 spiro atoms. The number of hydrogen-bond donors (Lipinski definition) is 0. The van der Waals surface area contributed by atoms with Crippen LogP contribution < -0.4 is 0 Å². The Morgan fingerprint density at radius 2 is 1.23 bits per heavy atom. The molecule has 0 bridgehead atoms. The van der Waals surface area contributed by atoms with Gasteiger partial charge in [-0.15, -0.1) is 0 Å². The maximum Gasteiger partial charge on any atom is 0.149 e. The van der Waals surface area contributed by atoms with E-state index in [0.29, 0.717) is 15.5 Å². The summed E-state index contributed by atoms with van der Waals surface area (Å²) in [4.78, 5) is 15.5. The topological polar surface area (TPSA) is 51.6 Å². The Morgan fingerprint density at radius 1 is 0.682 bits per heavy atom. The highest BCUT2D eigenvalue weighted by Crippen LogP contribution is 2.08. The predicted molar refractivity (Wildman–Crippen MR) is 88.3 cm³/mol. The number of halogens is 3. The highest BCUT2D eigenvalue weighted by Gasteiger charge is 1.98. The van der Waals surface area contributed by atoms with E-state index < -0.39 is 0 Å². The summed E-state index contributed by atoms with van der Waals surface area (Å²) >= 11 is 16.5. The van der Waals surface area contributed by atoms with E-state index in [4.69, 9.17) is 34.8 Å². The van der Waals surface area contributed by atoms with Gasteiger partial charge in [0, 0.05) is 12.6 Å². The van der Waals surface area contributed by atoms with Crippen LogP contribution >= 0.6 is 34.8 Å². The van der Waals surface area contributed by atoms with E-state index in [2.05, 4.69) is 32.1 Å². The van der Waals surface area contributed by atoms with Crippen molar-refractivity contribution in [2.45, 2.75) is 6.42 Å². The van der Waals surface area contributed by atoms with E-state index in [1.54, 1.807) is 6.20 Å². The average Bonchev–Trinajstić information content (AvgIpc) is 2.49. The lowest BCUT2D eigenvalue weighted by Crippen LogP contribution is -1.93. The summed E-state index contributed by atoms with van der Waals surface area (Å²) in [5.74, 6) is 0. The van der Waals surface area contributed by atoms with E-state index in [1.807, 2.05) is 18.2 Å². The summed E-state index contributed by atoms with van der Waals surface area (Å²) in [6.45, 7) is 0. The zero-order valence-corrected chi connectivity index (χ0v) is 13.6. The van der Waals surface area contributed by atoms with Crippen molar-refractivity contribution in [1.29, 1.82) is 0 Å². The first kappa shape index (κ1) is 16.6. The Morgan fingerprint density at radius 3 is 1.73 bits per heavy atom. The summed E-state index contributed by atoms with van der Waals surface area (Å²) in [6.07, 6.45) is 6.89. The van der Waals surface area contributed by atoms with Crippen molar-refractivity contribution >= 4 is 34.8 Å². The summed E-state index contributed by atoms with van der Waals surface area (Å²) in [5.41, 5.74) is 2.10. The second-order valence-corrected chi connectivity index (χ2v) is 5.32. The molecular formula is C15H11Cl3N4. The minimum absolute atomic E-state index is 0.317. The van der Waals surface area contributed by atoms with Gasteiger partial charge in [-0.2, -0.15) is 0 Å². The van der Waals surface area contributed by atoms with Crippen molar-refractivity contribution < 1.29 is 0 Å². The molecule has 3 rings (SSSR count). The normalized spacial score (nSPS) is 9.77. The third kappa shape index (κ3) is 5.93. The Kier molecular flexibility index (Phi) is 6.52. The number of rotatable bonds is 2. The Balaban J connectivity index is 0.000000188. The van der Waals surface area contributed by atoms with E-state index in [9.17, 15) is 0 Å². The first-order valence-corrected chi connectivity index (χ1v) is 7.40. The van der Waals surface area contributed by atoms with Gasteiger partial charge in [-0.3, -0.25) is 9.97 Å². The molecule has 0 fully saturated rings. The molecule has 0 atom stereocenters. The smallest absolute Gasteiger partial charge is 0.149 e. The van der Waals surface area contributed by atoms with Crippen LogP contribution in [0.2, 0.25) is 15.5 Å².